The van der Waals surface area contributed by atoms with Gasteiger partial charge < -0.3 is 10.4 Å². The van der Waals surface area contributed by atoms with Crippen molar-refractivity contribution in [1.29, 1.82) is 0 Å². The van der Waals surface area contributed by atoms with Gasteiger partial charge >= 0.3 is 0 Å². The number of nitrogens with zero attached hydrogens (tertiary/aromatic N) is 1. The van der Waals surface area contributed by atoms with Crippen LogP contribution in [0.2, 0.25) is 0 Å². The number of aliphatic hydroxyl groups is 1. The highest BCUT2D eigenvalue weighted by Crippen LogP contribution is 2.09. The van der Waals surface area contributed by atoms with Crippen LogP contribution in [0, 0.1) is 5.82 Å². The SMILES string of the molecule is CC(C)NCC(C)(O)CN(C)Cc1ccc(F)cc1. The molecule has 0 heterocycles. The molecular formula is C15H25FN2O. The molecule has 0 saturated carbocycles. The van der Waals surface area contributed by atoms with E-state index in [0.29, 0.717) is 25.7 Å². The van der Waals surface area contributed by atoms with Crippen LogP contribution in [0.1, 0.15) is 26.3 Å². The van der Waals surface area contributed by atoms with Crippen LogP contribution in [-0.4, -0.2) is 41.8 Å². The van der Waals surface area contributed by atoms with E-state index in [-0.39, 0.29) is 5.82 Å². The Morgan fingerprint density at radius 3 is 2.42 bits per heavy atom. The minimum Gasteiger partial charge on any atom is -0.388 e. The summed E-state index contributed by atoms with van der Waals surface area (Å²) >= 11 is 0. The highest BCUT2D eigenvalue weighted by Gasteiger charge is 2.22. The number of hydrogen-bond donors (Lipinski definition) is 2. The molecule has 1 aromatic rings. The van der Waals surface area contributed by atoms with Crippen LogP contribution >= 0.6 is 0 Å². The standard InChI is InChI=1S/C15H25FN2O/c1-12(2)17-10-15(3,19)11-18(4)9-13-5-7-14(16)8-6-13/h5-8,12,17,19H,9-11H2,1-4H3. The van der Waals surface area contributed by atoms with Gasteiger partial charge in [0.05, 0.1) is 5.60 Å². The van der Waals surface area contributed by atoms with Gasteiger partial charge in [-0.05, 0) is 31.7 Å². The Bertz CT molecular complexity index is 376. The third kappa shape index (κ3) is 6.66. The molecule has 0 spiro atoms. The quantitative estimate of drug-likeness (QED) is 0.794. The van der Waals surface area contributed by atoms with Gasteiger partial charge in [-0.3, -0.25) is 4.90 Å². The molecule has 0 aliphatic heterocycles. The Morgan fingerprint density at radius 1 is 1.32 bits per heavy atom. The van der Waals surface area contributed by atoms with Gasteiger partial charge in [0.2, 0.25) is 0 Å². The summed E-state index contributed by atoms with van der Waals surface area (Å²) in [4.78, 5) is 2.04. The predicted octanol–water partition coefficient (Wildman–Crippen LogP) is 2.01. The van der Waals surface area contributed by atoms with E-state index in [2.05, 4.69) is 19.2 Å². The zero-order valence-electron chi connectivity index (χ0n) is 12.3. The Labute approximate surface area is 115 Å². The highest BCUT2D eigenvalue weighted by atomic mass is 19.1. The Balaban J connectivity index is 2.45. The molecule has 0 fully saturated rings. The lowest BCUT2D eigenvalue weighted by atomic mass is 10.1. The fourth-order valence-corrected chi connectivity index (χ4v) is 2.02. The van der Waals surface area contributed by atoms with Gasteiger partial charge in [-0.15, -0.1) is 0 Å². The Kier molecular flexibility index (Phi) is 5.91. The van der Waals surface area contributed by atoms with Gasteiger partial charge in [0.15, 0.2) is 0 Å². The molecule has 0 aliphatic rings. The molecule has 19 heavy (non-hydrogen) atoms. The summed E-state index contributed by atoms with van der Waals surface area (Å²) < 4.78 is 12.8. The molecular weight excluding hydrogens is 243 g/mol. The predicted molar refractivity (Wildman–Crippen MR) is 76.5 cm³/mol. The molecule has 1 aromatic carbocycles. The van der Waals surface area contributed by atoms with Crippen molar-refractivity contribution >= 4 is 0 Å². The molecule has 0 saturated heterocycles. The number of halogens is 1. The van der Waals surface area contributed by atoms with Gasteiger partial charge in [-0.25, -0.2) is 4.39 Å². The molecule has 4 heteroatoms. The molecule has 0 radical (unpaired) electrons. The van der Waals surface area contributed by atoms with Crippen molar-refractivity contribution in [1.82, 2.24) is 10.2 Å². The number of rotatable bonds is 7. The molecule has 0 aromatic heterocycles. The van der Waals surface area contributed by atoms with E-state index in [1.165, 1.54) is 12.1 Å². The van der Waals surface area contributed by atoms with Crippen LogP contribution in [0.4, 0.5) is 4.39 Å². The number of nitrogens with one attached hydrogen (secondary N) is 1. The fraction of sp³-hybridized carbons (Fsp3) is 0.600. The first-order chi connectivity index (χ1) is 8.78. The van der Waals surface area contributed by atoms with Gasteiger partial charge in [0.1, 0.15) is 5.82 Å². The largest absolute Gasteiger partial charge is 0.388 e. The molecule has 108 valence electrons. The minimum absolute atomic E-state index is 0.223. The summed E-state index contributed by atoms with van der Waals surface area (Å²) in [5, 5.41) is 13.5. The maximum atomic E-state index is 12.8. The average Bonchev–Trinajstić information content (AvgIpc) is 2.29. The van der Waals surface area contributed by atoms with E-state index in [4.69, 9.17) is 0 Å². The lowest BCUT2D eigenvalue weighted by Gasteiger charge is -2.30. The van der Waals surface area contributed by atoms with Gasteiger partial charge in [-0.1, -0.05) is 26.0 Å². The van der Waals surface area contributed by atoms with E-state index in [9.17, 15) is 9.50 Å². The normalized spacial score (nSPS) is 14.9. The maximum Gasteiger partial charge on any atom is 0.123 e. The van der Waals surface area contributed by atoms with E-state index >= 15 is 0 Å². The molecule has 1 rings (SSSR count). The Hall–Kier alpha value is -0.970. The van der Waals surface area contributed by atoms with Crippen LogP contribution in [0.3, 0.4) is 0 Å². The first-order valence-corrected chi connectivity index (χ1v) is 6.67. The van der Waals surface area contributed by atoms with Crippen molar-refractivity contribution in [2.24, 2.45) is 0 Å². The van der Waals surface area contributed by atoms with Gasteiger partial charge in [0, 0.05) is 25.7 Å². The second-order valence-corrected chi connectivity index (χ2v) is 5.83. The van der Waals surface area contributed by atoms with Gasteiger partial charge in [0.25, 0.3) is 0 Å². The van der Waals surface area contributed by atoms with Crippen LogP contribution in [0.5, 0.6) is 0 Å². The molecule has 0 bridgehead atoms. The van der Waals surface area contributed by atoms with Crippen LogP contribution < -0.4 is 5.32 Å². The first-order valence-electron chi connectivity index (χ1n) is 6.67. The first kappa shape index (κ1) is 16.1. The van der Waals surface area contributed by atoms with E-state index in [0.717, 1.165) is 5.56 Å². The van der Waals surface area contributed by atoms with Crippen molar-refractivity contribution in [3.8, 4) is 0 Å². The molecule has 0 aliphatic carbocycles. The molecule has 1 atom stereocenters. The lowest BCUT2D eigenvalue weighted by Crippen LogP contribution is -2.47. The average molecular weight is 268 g/mol. The summed E-state index contributed by atoms with van der Waals surface area (Å²) in [6.07, 6.45) is 0. The second-order valence-electron chi connectivity index (χ2n) is 5.83. The summed E-state index contributed by atoms with van der Waals surface area (Å²) in [5.41, 5.74) is 0.260. The zero-order chi connectivity index (χ0) is 14.5. The number of hydrogen-bond acceptors (Lipinski definition) is 3. The van der Waals surface area contributed by atoms with Crippen molar-refractivity contribution < 1.29 is 9.50 Å². The zero-order valence-corrected chi connectivity index (χ0v) is 12.3. The van der Waals surface area contributed by atoms with E-state index in [1.54, 1.807) is 12.1 Å². The molecule has 0 amide bonds. The summed E-state index contributed by atoms with van der Waals surface area (Å²) in [7, 11) is 1.95. The third-order valence-electron chi connectivity index (χ3n) is 2.87. The van der Waals surface area contributed by atoms with Gasteiger partial charge in [-0.2, -0.15) is 0 Å². The van der Waals surface area contributed by atoms with Crippen LogP contribution in [-0.2, 0) is 6.54 Å². The minimum atomic E-state index is -0.779. The van der Waals surface area contributed by atoms with Crippen molar-refractivity contribution in [3.05, 3.63) is 35.6 Å². The maximum absolute atomic E-state index is 12.8. The fourth-order valence-electron chi connectivity index (χ4n) is 2.02. The van der Waals surface area contributed by atoms with E-state index in [1.807, 2.05) is 18.9 Å². The summed E-state index contributed by atoms with van der Waals surface area (Å²) in [6, 6.07) is 6.82. The van der Waals surface area contributed by atoms with Crippen LogP contribution in [0.25, 0.3) is 0 Å². The topological polar surface area (TPSA) is 35.5 Å². The van der Waals surface area contributed by atoms with Crippen LogP contribution in [0.15, 0.2) is 24.3 Å². The van der Waals surface area contributed by atoms with Crippen molar-refractivity contribution in [2.75, 3.05) is 20.1 Å². The Morgan fingerprint density at radius 2 is 1.89 bits per heavy atom. The lowest BCUT2D eigenvalue weighted by molar-refractivity contribution is 0.0240. The molecule has 1 unspecified atom stereocenters. The number of likely N-dealkylation sites (N-methyl/N-ethyl adjacent to an activating group) is 1. The monoisotopic (exact) mass is 268 g/mol. The second kappa shape index (κ2) is 6.98. The molecule has 2 N–H and O–H groups in total. The van der Waals surface area contributed by atoms with E-state index < -0.39 is 5.60 Å². The summed E-state index contributed by atoms with van der Waals surface area (Å²) in [6.45, 7) is 7.74. The molecule has 3 nitrogen and oxygen atoms in total. The van der Waals surface area contributed by atoms with Crippen molar-refractivity contribution in [2.45, 2.75) is 39.0 Å². The number of benzene rings is 1. The third-order valence-corrected chi connectivity index (χ3v) is 2.87. The smallest absolute Gasteiger partial charge is 0.123 e. The summed E-state index contributed by atoms with van der Waals surface area (Å²) in [5.74, 6) is -0.223. The van der Waals surface area contributed by atoms with Crippen molar-refractivity contribution in [3.63, 3.8) is 0 Å². The highest BCUT2D eigenvalue weighted by molar-refractivity contribution is 5.15.